The highest BCUT2D eigenvalue weighted by atomic mass is 32.1. The summed E-state index contributed by atoms with van der Waals surface area (Å²) in [5.41, 5.74) is 2.63. The zero-order valence-corrected chi connectivity index (χ0v) is 15.4. The molecule has 0 saturated carbocycles. The number of rotatable bonds is 7. The Balaban J connectivity index is 1.72. The van der Waals surface area contributed by atoms with Crippen LogP contribution in [0.3, 0.4) is 0 Å². The third-order valence-electron chi connectivity index (χ3n) is 5.06. The van der Waals surface area contributed by atoms with E-state index in [2.05, 4.69) is 46.3 Å². The van der Waals surface area contributed by atoms with Crippen molar-refractivity contribution < 1.29 is 0 Å². The van der Waals surface area contributed by atoms with Crippen molar-refractivity contribution in [2.45, 2.75) is 45.8 Å². The second-order valence-corrected chi connectivity index (χ2v) is 7.58. The Kier molecular flexibility index (Phi) is 5.51. The van der Waals surface area contributed by atoms with Gasteiger partial charge in [-0.05, 0) is 44.3 Å². The lowest BCUT2D eigenvalue weighted by Crippen LogP contribution is -2.39. The van der Waals surface area contributed by atoms with Gasteiger partial charge in [-0.2, -0.15) is 5.10 Å². The summed E-state index contributed by atoms with van der Waals surface area (Å²) in [5, 5.41) is 6.59. The van der Waals surface area contributed by atoms with Crippen molar-refractivity contribution >= 4 is 11.3 Å². The monoisotopic (exact) mass is 332 g/mol. The molecule has 23 heavy (non-hydrogen) atoms. The maximum absolute atomic E-state index is 4.41. The molecular weight excluding hydrogens is 304 g/mol. The van der Waals surface area contributed by atoms with Crippen molar-refractivity contribution in [1.29, 1.82) is 0 Å². The van der Waals surface area contributed by atoms with E-state index in [4.69, 9.17) is 0 Å². The maximum Gasteiger partial charge on any atom is 0.0537 e. The molecule has 3 rings (SSSR count). The van der Waals surface area contributed by atoms with Gasteiger partial charge in [-0.15, -0.1) is 11.3 Å². The third-order valence-corrected chi connectivity index (χ3v) is 5.93. The van der Waals surface area contributed by atoms with E-state index in [1.807, 2.05) is 29.3 Å². The van der Waals surface area contributed by atoms with Crippen LogP contribution in [0.5, 0.6) is 0 Å². The number of thiophene rings is 1. The molecule has 0 aromatic carbocycles. The van der Waals surface area contributed by atoms with Gasteiger partial charge in [0.1, 0.15) is 0 Å². The number of hydrogen-bond acceptors (Lipinski definition) is 4. The zero-order chi connectivity index (χ0) is 16.2. The van der Waals surface area contributed by atoms with Crippen LogP contribution in [0.15, 0.2) is 23.7 Å². The average molecular weight is 333 g/mol. The molecule has 2 aromatic heterocycles. The largest absolute Gasteiger partial charge is 0.299 e. The Labute approximate surface area is 143 Å². The smallest absolute Gasteiger partial charge is 0.0537 e. The molecular formula is C18H28N4S. The number of likely N-dealkylation sites (N-methyl/N-ethyl adjacent to an activating group) is 1. The lowest BCUT2D eigenvalue weighted by Gasteiger charge is -2.30. The standard InChI is InChI=1S/C18H28N4S/c1-4-22-9-5-7-17(22)13-21(14-18-8-6-10-23-18)12-16-11-19-20(3)15(16)2/h6,8,10-11,17H,4-5,7,9,12-14H2,1-3H3/t17-/m0/s1. The van der Waals surface area contributed by atoms with Gasteiger partial charge in [0.25, 0.3) is 0 Å². The minimum Gasteiger partial charge on any atom is -0.299 e. The van der Waals surface area contributed by atoms with Gasteiger partial charge in [0.15, 0.2) is 0 Å². The van der Waals surface area contributed by atoms with Crippen LogP contribution in [0.25, 0.3) is 0 Å². The van der Waals surface area contributed by atoms with Gasteiger partial charge in [0, 0.05) is 48.9 Å². The van der Waals surface area contributed by atoms with Crippen LogP contribution < -0.4 is 0 Å². The molecule has 1 aliphatic rings. The lowest BCUT2D eigenvalue weighted by molar-refractivity contribution is 0.167. The van der Waals surface area contributed by atoms with Gasteiger partial charge in [-0.3, -0.25) is 14.5 Å². The Morgan fingerprint density at radius 2 is 2.26 bits per heavy atom. The minimum absolute atomic E-state index is 0.705. The molecule has 0 aliphatic carbocycles. The van der Waals surface area contributed by atoms with Crippen molar-refractivity contribution in [2.24, 2.45) is 7.05 Å². The number of nitrogens with zero attached hydrogens (tertiary/aromatic N) is 4. The van der Waals surface area contributed by atoms with E-state index in [9.17, 15) is 0 Å². The summed E-state index contributed by atoms with van der Waals surface area (Å²) < 4.78 is 1.98. The Morgan fingerprint density at radius 1 is 1.39 bits per heavy atom. The maximum atomic E-state index is 4.41. The highest BCUT2D eigenvalue weighted by Gasteiger charge is 2.25. The highest BCUT2D eigenvalue weighted by molar-refractivity contribution is 7.09. The van der Waals surface area contributed by atoms with Crippen molar-refractivity contribution in [3.05, 3.63) is 39.8 Å². The van der Waals surface area contributed by atoms with Gasteiger partial charge >= 0.3 is 0 Å². The van der Waals surface area contributed by atoms with Gasteiger partial charge in [-0.1, -0.05) is 13.0 Å². The molecule has 5 heteroatoms. The molecule has 0 amide bonds. The molecule has 0 bridgehead atoms. The van der Waals surface area contributed by atoms with E-state index >= 15 is 0 Å². The van der Waals surface area contributed by atoms with Gasteiger partial charge in [0.05, 0.1) is 6.20 Å². The molecule has 1 saturated heterocycles. The summed E-state index contributed by atoms with van der Waals surface area (Å²) >= 11 is 1.86. The number of aryl methyl sites for hydroxylation is 1. The summed E-state index contributed by atoms with van der Waals surface area (Å²) in [5.74, 6) is 0. The molecule has 1 atom stereocenters. The second-order valence-electron chi connectivity index (χ2n) is 6.55. The Hall–Kier alpha value is -1.17. The minimum atomic E-state index is 0.705. The van der Waals surface area contributed by atoms with Crippen LogP contribution >= 0.6 is 11.3 Å². The SMILES string of the molecule is CCN1CCC[C@H]1CN(Cc1cccs1)Cc1cnn(C)c1C. The van der Waals surface area contributed by atoms with Crippen molar-refractivity contribution in [3.8, 4) is 0 Å². The Bertz CT molecular complexity index is 605. The van der Waals surface area contributed by atoms with E-state index in [1.54, 1.807) is 0 Å². The fourth-order valence-electron chi connectivity index (χ4n) is 3.56. The fourth-order valence-corrected chi connectivity index (χ4v) is 4.31. The highest BCUT2D eigenvalue weighted by Crippen LogP contribution is 2.22. The molecule has 0 spiro atoms. The van der Waals surface area contributed by atoms with Crippen molar-refractivity contribution in [1.82, 2.24) is 19.6 Å². The first-order chi connectivity index (χ1) is 11.2. The van der Waals surface area contributed by atoms with Gasteiger partial charge in [0.2, 0.25) is 0 Å². The van der Waals surface area contributed by atoms with Crippen LogP contribution in [0.4, 0.5) is 0 Å². The van der Waals surface area contributed by atoms with Crippen LogP contribution in [-0.2, 0) is 20.1 Å². The summed E-state index contributed by atoms with van der Waals surface area (Å²) in [4.78, 5) is 6.69. The van der Waals surface area contributed by atoms with Gasteiger partial charge < -0.3 is 0 Å². The fraction of sp³-hybridized carbons (Fsp3) is 0.611. The summed E-state index contributed by atoms with van der Waals surface area (Å²) in [6.45, 7) is 10.1. The van der Waals surface area contributed by atoms with Crippen LogP contribution in [0, 0.1) is 6.92 Å². The lowest BCUT2D eigenvalue weighted by atomic mass is 10.1. The van der Waals surface area contributed by atoms with Crippen LogP contribution in [0.1, 0.15) is 35.9 Å². The molecule has 3 heterocycles. The molecule has 2 aromatic rings. The first kappa shape index (κ1) is 16.7. The molecule has 126 valence electrons. The van der Waals surface area contributed by atoms with Gasteiger partial charge in [-0.25, -0.2) is 0 Å². The molecule has 0 unspecified atom stereocenters. The van der Waals surface area contributed by atoms with E-state index in [-0.39, 0.29) is 0 Å². The predicted octanol–water partition coefficient (Wildman–Crippen LogP) is 3.28. The predicted molar refractivity (Wildman–Crippen MR) is 96.6 cm³/mol. The first-order valence-electron chi connectivity index (χ1n) is 8.63. The van der Waals surface area contributed by atoms with Crippen LogP contribution in [0.2, 0.25) is 0 Å². The summed E-state index contributed by atoms with van der Waals surface area (Å²) in [6.07, 6.45) is 4.71. The van der Waals surface area contributed by atoms with Crippen LogP contribution in [-0.4, -0.2) is 45.3 Å². The van der Waals surface area contributed by atoms with Crippen molar-refractivity contribution in [2.75, 3.05) is 19.6 Å². The quantitative estimate of drug-likeness (QED) is 0.778. The first-order valence-corrected chi connectivity index (χ1v) is 9.51. The zero-order valence-electron chi connectivity index (χ0n) is 14.5. The topological polar surface area (TPSA) is 24.3 Å². The third kappa shape index (κ3) is 4.03. The Morgan fingerprint density at radius 3 is 2.91 bits per heavy atom. The van der Waals surface area contributed by atoms with E-state index in [0.717, 1.165) is 19.6 Å². The molecule has 1 aliphatic heterocycles. The van der Waals surface area contributed by atoms with Crippen molar-refractivity contribution in [3.63, 3.8) is 0 Å². The molecule has 0 radical (unpaired) electrons. The van der Waals surface area contributed by atoms with E-state index < -0.39 is 0 Å². The number of hydrogen-bond donors (Lipinski definition) is 0. The summed E-state index contributed by atoms with van der Waals surface area (Å²) in [6, 6.07) is 5.11. The normalized spacial score (nSPS) is 19.0. The summed E-state index contributed by atoms with van der Waals surface area (Å²) in [7, 11) is 2.03. The van der Waals surface area contributed by atoms with E-state index in [1.165, 1.54) is 42.1 Å². The molecule has 4 nitrogen and oxygen atoms in total. The number of aromatic nitrogens is 2. The molecule has 0 N–H and O–H groups in total. The average Bonchev–Trinajstić information content (AvgIpc) is 3.26. The second kappa shape index (κ2) is 7.60. The molecule has 1 fully saturated rings. The van der Waals surface area contributed by atoms with E-state index in [0.29, 0.717) is 6.04 Å². The number of likely N-dealkylation sites (tertiary alicyclic amines) is 1.